The van der Waals surface area contributed by atoms with Gasteiger partial charge in [-0.05, 0) is 23.8 Å². The fraction of sp³-hybridized carbons (Fsp3) is 0.0667. The highest BCUT2D eigenvalue weighted by Gasteiger charge is 2.14. The van der Waals surface area contributed by atoms with Gasteiger partial charge in [0.25, 0.3) is 5.91 Å². The van der Waals surface area contributed by atoms with E-state index in [0.717, 1.165) is 10.9 Å². The summed E-state index contributed by atoms with van der Waals surface area (Å²) in [6, 6.07) is 13.4. The number of hydrogen-bond acceptors (Lipinski definition) is 4. The maximum absolute atomic E-state index is 12.2. The van der Waals surface area contributed by atoms with Crippen LogP contribution in [0.15, 0.2) is 53.4 Å². The zero-order chi connectivity index (χ0) is 16.4. The molecule has 0 aliphatic carbocycles. The standard InChI is InChI=1S/C15H14N4O3S/c16-23(21,22)11-5-3-4-10(8-11)9-17-15(20)14-12-6-1-2-7-13(12)18-19-14/h1-8H,9H2,(H,17,20)(H,18,19)(H2,16,21,22). The number of benzene rings is 2. The number of aromatic nitrogens is 2. The van der Waals surface area contributed by atoms with Crippen molar-refractivity contribution in [3.05, 3.63) is 59.8 Å². The van der Waals surface area contributed by atoms with Gasteiger partial charge in [0.15, 0.2) is 5.69 Å². The molecule has 0 spiro atoms. The second kappa shape index (κ2) is 5.82. The highest BCUT2D eigenvalue weighted by atomic mass is 32.2. The lowest BCUT2D eigenvalue weighted by Gasteiger charge is -2.05. The molecular formula is C15H14N4O3S. The highest BCUT2D eigenvalue weighted by molar-refractivity contribution is 7.89. The Hall–Kier alpha value is -2.71. The van der Waals surface area contributed by atoms with Gasteiger partial charge in [0, 0.05) is 11.9 Å². The average Bonchev–Trinajstić information content (AvgIpc) is 2.96. The molecule has 0 atom stereocenters. The monoisotopic (exact) mass is 330 g/mol. The van der Waals surface area contributed by atoms with E-state index in [9.17, 15) is 13.2 Å². The highest BCUT2D eigenvalue weighted by Crippen LogP contribution is 2.15. The number of primary sulfonamides is 1. The van der Waals surface area contributed by atoms with Gasteiger partial charge in [0.05, 0.1) is 10.4 Å². The minimum absolute atomic E-state index is 0.00877. The predicted octanol–water partition coefficient (Wildman–Crippen LogP) is 1.14. The van der Waals surface area contributed by atoms with Crippen LogP contribution in [0.3, 0.4) is 0 Å². The maximum Gasteiger partial charge on any atom is 0.272 e. The summed E-state index contributed by atoms with van der Waals surface area (Å²) in [6.07, 6.45) is 0. The number of amides is 1. The Balaban J connectivity index is 1.77. The van der Waals surface area contributed by atoms with Crippen LogP contribution < -0.4 is 10.5 Å². The van der Waals surface area contributed by atoms with Crippen molar-refractivity contribution in [1.29, 1.82) is 0 Å². The molecular weight excluding hydrogens is 316 g/mol. The number of fused-ring (bicyclic) bond motifs is 1. The Bertz CT molecular complexity index is 979. The van der Waals surface area contributed by atoms with E-state index in [2.05, 4.69) is 15.5 Å². The van der Waals surface area contributed by atoms with Crippen LogP contribution in [0.25, 0.3) is 10.9 Å². The first-order valence-corrected chi connectivity index (χ1v) is 8.33. The molecule has 0 unspecified atom stereocenters. The summed E-state index contributed by atoms with van der Waals surface area (Å²) in [5.41, 5.74) is 1.70. The smallest absolute Gasteiger partial charge is 0.272 e. The molecule has 0 fully saturated rings. The molecule has 118 valence electrons. The maximum atomic E-state index is 12.2. The number of aromatic amines is 1. The van der Waals surface area contributed by atoms with E-state index >= 15 is 0 Å². The van der Waals surface area contributed by atoms with Crippen LogP contribution in [-0.4, -0.2) is 24.5 Å². The van der Waals surface area contributed by atoms with E-state index in [-0.39, 0.29) is 17.3 Å². The number of H-pyrrole nitrogens is 1. The summed E-state index contributed by atoms with van der Waals surface area (Å²) < 4.78 is 22.7. The quantitative estimate of drug-likeness (QED) is 0.664. The minimum Gasteiger partial charge on any atom is -0.347 e. The molecule has 0 bridgehead atoms. The molecule has 4 N–H and O–H groups in total. The molecule has 0 radical (unpaired) electrons. The first kappa shape index (κ1) is 15.2. The van der Waals surface area contributed by atoms with Crippen molar-refractivity contribution >= 4 is 26.8 Å². The number of carbonyl (C=O) groups excluding carboxylic acids is 1. The first-order chi connectivity index (χ1) is 10.9. The summed E-state index contributed by atoms with van der Waals surface area (Å²) in [5, 5.41) is 15.3. The largest absolute Gasteiger partial charge is 0.347 e. The van der Waals surface area contributed by atoms with Crippen LogP contribution in [0, 0.1) is 0 Å². The summed E-state index contributed by atoms with van der Waals surface area (Å²) in [6.45, 7) is 0.170. The molecule has 3 rings (SSSR count). The van der Waals surface area contributed by atoms with Crippen LogP contribution in [0.2, 0.25) is 0 Å². The minimum atomic E-state index is -3.77. The number of nitrogens with one attached hydrogen (secondary N) is 2. The molecule has 3 aromatic rings. The van der Waals surface area contributed by atoms with E-state index in [0.29, 0.717) is 11.3 Å². The number of carbonyl (C=O) groups is 1. The number of hydrogen-bond donors (Lipinski definition) is 3. The third kappa shape index (κ3) is 3.22. The molecule has 0 saturated carbocycles. The van der Waals surface area contributed by atoms with Gasteiger partial charge in [0.2, 0.25) is 10.0 Å². The predicted molar refractivity (Wildman–Crippen MR) is 85.1 cm³/mol. The van der Waals surface area contributed by atoms with E-state index in [4.69, 9.17) is 5.14 Å². The van der Waals surface area contributed by atoms with Crippen LogP contribution in [0.1, 0.15) is 16.1 Å². The van der Waals surface area contributed by atoms with E-state index in [1.807, 2.05) is 18.2 Å². The zero-order valence-electron chi connectivity index (χ0n) is 12.0. The lowest BCUT2D eigenvalue weighted by molar-refractivity contribution is 0.0947. The molecule has 1 aromatic heterocycles. The van der Waals surface area contributed by atoms with E-state index in [1.165, 1.54) is 12.1 Å². The Labute approximate surface area is 132 Å². The Morgan fingerprint density at radius 2 is 1.96 bits per heavy atom. The molecule has 0 saturated heterocycles. The summed E-state index contributed by atoms with van der Waals surface area (Å²) in [4.78, 5) is 12.2. The van der Waals surface area contributed by atoms with Gasteiger partial charge in [-0.25, -0.2) is 13.6 Å². The van der Waals surface area contributed by atoms with Crippen molar-refractivity contribution in [1.82, 2.24) is 15.5 Å². The Morgan fingerprint density at radius 1 is 1.17 bits per heavy atom. The van der Waals surface area contributed by atoms with Crippen molar-refractivity contribution < 1.29 is 13.2 Å². The summed E-state index contributed by atoms with van der Waals surface area (Å²) in [5.74, 6) is -0.344. The summed E-state index contributed by atoms with van der Waals surface area (Å²) in [7, 11) is -3.77. The van der Waals surface area contributed by atoms with Gasteiger partial charge >= 0.3 is 0 Å². The average molecular weight is 330 g/mol. The third-order valence-electron chi connectivity index (χ3n) is 3.37. The van der Waals surface area contributed by atoms with Gasteiger partial charge in [-0.3, -0.25) is 9.89 Å². The topological polar surface area (TPSA) is 118 Å². The number of sulfonamides is 1. The fourth-order valence-corrected chi connectivity index (χ4v) is 2.82. The second-order valence-electron chi connectivity index (χ2n) is 4.99. The SMILES string of the molecule is NS(=O)(=O)c1cccc(CNC(=O)c2n[nH]c3ccccc23)c1. The van der Waals surface area contributed by atoms with Crippen LogP contribution in [0.4, 0.5) is 0 Å². The number of nitrogens with zero attached hydrogens (tertiary/aromatic N) is 1. The van der Waals surface area contributed by atoms with Gasteiger partial charge in [-0.2, -0.15) is 5.10 Å². The normalized spacial score (nSPS) is 11.5. The van der Waals surface area contributed by atoms with Crippen LogP contribution in [-0.2, 0) is 16.6 Å². The van der Waals surface area contributed by atoms with Gasteiger partial charge in [-0.1, -0.05) is 30.3 Å². The van der Waals surface area contributed by atoms with Gasteiger partial charge < -0.3 is 5.32 Å². The zero-order valence-corrected chi connectivity index (χ0v) is 12.8. The van der Waals surface area contributed by atoms with Crippen molar-refractivity contribution in [2.75, 3.05) is 0 Å². The lowest BCUT2D eigenvalue weighted by Crippen LogP contribution is -2.23. The van der Waals surface area contributed by atoms with Crippen LogP contribution >= 0.6 is 0 Å². The molecule has 23 heavy (non-hydrogen) atoms. The molecule has 1 amide bonds. The summed E-state index contributed by atoms with van der Waals surface area (Å²) >= 11 is 0. The molecule has 0 aliphatic rings. The molecule has 0 aliphatic heterocycles. The third-order valence-corrected chi connectivity index (χ3v) is 4.28. The molecule has 2 aromatic carbocycles. The number of para-hydroxylation sites is 1. The van der Waals surface area contributed by atoms with Crippen molar-refractivity contribution in [3.8, 4) is 0 Å². The Morgan fingerprint density at radius 3 is 2.74 bits per heavy atom. The first-order valence-electron chi connectivity index (χ1n) is 6.78. The molecule has 7 nitrogen and oxygen atoms in total. The fourth-order valence-electron chi connectivity index (χ4n) is 2.24. The van der Waals surface area contributed by atoms with E-state index in [1.54, 1.807) is 18.2 Å². The van der Waals surface area contributed by atoms with Crippen LogP contribution in [0.5, 0.6) is 0 Å². The van der Waals surface area contributed by atoms with Crippen molar-refractivity contribution in [2.45, 2.75) is 11.4 Å². The van der Waals surface area contributed by atoms with Crippen molar-refractivity contribution in [3.63, 3.8) is 0 Å². The van der Waals surface area contributed by atoms with Gasteiger partial charge in [0.1, 0.15) is 0 Å². The van der Waals surface area contributed by atoms with Gasteiger partial charge in [-0.15, -0.1) is 0 Å². The number of rotatable bonds is 4. The number of nitrogens with two attached hydrogens (primary N) is 1. The van der Waals surface area contributed by atoms with E-state index < -0.39 is 10.0 Å². The molecule has 8 heteroatoms. The lowest BCUT2D eigenvalue weighted by atomic mass is 10.2. The Kier molecular flexibility index (Phi) is 3.85. The second-order valence-corrected chi connectivity index (χ2v) is 6.55. The molecule has 1 heterocycles. The van der Waals surface area contributed by atoms with Crippen molar-refractivity contribution in [2.24, 2.45) is 5.14 Å².